The van der Waals surface area contributed by atoms with Crippen molar-refractivity contribution in [1.82, 2.24) is 5.32 Å². The van der Waals surface area contributed by atoms with Gasteiger partial charge in [0.05, 0.1) is 0 Å². The molecule has 1 rings (SSSR count). The van der Waals surface area contributed by atoms with Crippen LogP contribution in [0.5, 0.6) is 5.75 Å². The molecule has 4 nitrogen and oxygen atoms in total. The third-order valence-electron chi connectivity index (χ3n) is 2.55. The highest BCUT2D eigenvalue weighted by atomic mass is 19.1. The second kappa shape index (κ2) is 7.53. The molecule has 0 aliphatic heterocycles. The number of allylic oxidation sites excluding steroid dienone is 1. The van der Waals surface area contributed by atoms with Crippen LogP contribution in [0.1, 0.15) is 13.8 Å². The highest BCUT2D eigenvalue weighted by molar-refractivity contribution is 5.92. The first-order chi connectivity index (χ1) is 9.02. The van der Waals surface area contributed by atoms with Gasteiger partial charge in [0.25, 0.3) is 0 Å². The average molecular weight is 267 g/mol. The van der Waals surface area contributed by atoms with Gasteiger partial charge in [-0.05, 0) is 38.1 Å². The van der Waals surface area contributed by atoms with Gasteiger partial charge in [0.15, 0.2) is 0 Å². The number of hydrogen-bond acceptors (Lipinski definition) is 3. The number of aliphatic hydroxyl groups excluding tert-OH is 1. The maximum absolute atomic E-state index is 12.6. The lowest BCUT2D eigenvalue weighted by atomic mass is 10.2. The second-order valence-corrected chi connectivity index (χ2v) is 4.10. The summed E-state index contributed by atoms with van der Waals surface area (Å²) < 4.78 is 17.9. The van der Waals surface area contributed by atoms with E-state index in [2.05, 4.69) is 5.32 Å². The van der Waals surface area contributed by atoms with E-state index in [1.54, 1.807) is 19.9 Å². The van der Waals surface area contributed by atoms with Gasteiger partial charge in [-0.1, -0.05) is 6.08 Å². The number of carbonyl (C=O) groups is 1. The lowest BCUT2D eigenvalue weighted by Gasteiger charge is -2.13. The summed E-state index contributed by atoms with van der Waals surface area (Å²) >= 11 is 0. The predicted octanol–water partition coefficient (Wildman–Crippen LogP) is 1.65. The Morgan fingerprint density at radius 3 is 2.68 bits per heavy atom. The first kappa shape index (κ1) is 15.2. The first-order valence-corrected chi connectivity index (χ1v) is 6.00. The second-order valence-electron chi connectivity index (χ2n) is 4.10. The highest BCUT2D eigenvalue weighted by Crippen LogP contribution is 2.11. The van der Waals surface area contributed by atoms with Crippen molar-refractivity contribution in [2.24, 2.45) is 0 Å². The number of ether oxygens (including phenoxy) is 1. The Balaban J connectivity index is 2.30. The van der Waals surface area contributed by atoms with E-state index >= 15 is 0 Å². The number of hydrogen-bond donors (Lipinski definition) is 2. The summed E-state index contributed by atoms with van der Waals surface area (Å²) in [5.74, 6) is -0.0956. The number of benzene rings is 1. The van der Waals surface area contributed by atoms with Crippen LogP contribution < -0.4 is 10.1 Å². The molecule has 0 aliphatic carbocycles. The van der Waals surface area contributed by atoms with Crippen LogP contribution in [0.4, 0.5) is 4.39 Å². The van der Waals surface area contributed by atoms with Crippen LogP contribution in [-0.2, 0) is 4.79 Å². The molecule has 1 aromatic carbocycles. The summed E-state index contributed by atoms with van der Waals surface area (Å²) in [6, 6.07) is 5.51. The van der Waals surface area contributed by atoms with Gasteiger partial charge in [-0.15, -0.1) is 0 Å². The third-order valence-corrected chi connectivity index (χ3v) is 2.55. The van der Waals surface area contributed by atoms with E-state index in [0.29, 0.717) is 11.3 Å². The largest absolute Gasteiger partial charge is 0.491 e. The summed E-state index contributed by atoms with van der Waals surface area (Å²) in [6.07, 6.45) is 0.871. The van der Waals surface area contributed by atoms with Crippen molar-refractivity contribution in [3.05, 3.63) is 41.7 Å². The Morgan fingerprint density at radius 1 is 1.47 bits per heavy atom. The molecule has 1 amide bonds. The number of aliphatic hydroxyl groups is 1. The summed E-state index contributed by atoms with van der Waals surface area (Å²) in [4.78, 5) is 11.4. The molecular formula is C14H18FNO3. The van der Waals surface area contributed by atoms with Crippen molar-refractivity contribution in [3.8, 4) is 5.75 Å². The van der Waals surface area contributed by atoms with Crippen LogP contribution in [0.15, 0.2) is 35.9 Å². The molecule has 1 aromatic rings. The van der Waals surface area contributed by atoms with E-state index in [4.69, 9.17) is 4.74 Å². The smallest absolute Gasteiger partial charge is 0.246 e. The van der Waals surface area contributed by atoms with E-state index in [1.807, 2.05) is 0 Å². The van der Waals surface area contributed by atoms with E-state index in [-0.39, 0.29) is 24.9 Å². The van der Waals surface area contributed by atoms with Crippen LogP contribution in [0, 0.1) is 5.82 Å². The summed E-state index contributed by atoms with van der Waals surface area (Å²) in [5.41, 5.74) is 0.589. The zero-order valence-corrected chi connectivity index (χ0v) is 11.0. The van der Waals surface area contributed by atoms with Gasteiger partial charge in [-0.3, -0.25) is 4.79 Å². The van der Waals surface area contributed by atoms with E-state index in [0.717, 1.165) is 0 Å². The Morgan fingerprint density at radius 2 is 2.11 bits per heavy atom. The molecule has 0 saturated carbocycles. The van der Waals surface area contributed by atoms with Gasteiger partial charge in [-0.2, -0.15) is 0 Å². The molecular weight excluding hydrogens is 249 g/mol. The molecule has 5 heteroatoms. The quantitative estimate of drug-likeness (QED) is 0.770. The van der Waals surface area contributed by atoms with Crippen LogP contribution in [0.3, 0.4) is 0 Å². The minimum Gasteiger partial charge on any atom is -0.491 e. The van der Waals surface area contributed by atoms with Crippen molar-refractivity contribution in [1.29, 1.82) is 0 Å². The fourth-order valence-electron chi connectivity index (χ4n) is 1.26. The molecule has 104 valence electrons. The molecule has 0 heterocycles. The summed E-state index contributed by atoms with van der Waals surface area (Å²) in [5, 5.41) is 12.2. The Kier molecular flexibility index (Phi) is 6.02. The molecule has 0 radical (unpaired) electrons. The van der Waals surface area contributed by atoms with Gasteiger partial charge < -0.3 is 15.2 Å². The molecule has 0 spiro atoms. The molecule has 0 aliphatic rings. The Bertz CT molecular complexity index is 443. The van der Waals surface area contributed by atoms with Gasteiger partial charge in [0.2, 0.25) is 5.91 Å². The normalized spacial score (nSPS) is 12.9. The van der Waals surface area contributed by atoms with Crippen LogP contribution in [0.25, 0.3) is 0 Å². The number of nitrogens with one attached hydrogen (secondary N) is 1. The average Bonchev–Trinajstić information content (AvgIpc) is 2.43. The standard InChI is InChI=1S/C14H18FNO3/c1-3-10(2)14(18)16-8-12(17)9-19-13-6-4-11(15)5-7-13/h3-7,12,17H,8-9H2,1-2H3,(H,16,18)/b10-3-. The predicted molar refractivity (Wildman–Crippen MR) is 70.3 cm³/mol. The first-order valence-electron chi connectivity index (χ1n) is 6.00. The van der Waals surface area contributed by atoms with E-state index in [1.165, 1.54) is 24.3 Å². The van der Waals surface area contributed by atoms with Crippen molar-refractivity contribution >= 4 is 5.91 Å². The molecule has 0 fully saturated rings. The van der Waals surface area contributed by atoms with Crippen molar-refractivity contribution in [3.63, 3.8) is 0 Å². The van der Waals surface area contributed by atoms with Crippen molar-refractivity contribution < 1.29 is 19.0 Å². The highest BCUT2D eigenvalue weighted by Gasteiger charge is 2.08. The SMILES string of the molecule is C/C=C(/C)C(=O)NCC(O)COc1ccc(F)cc1. The molecule has 2 N–H and O–H groups in total. The fourth-order valence-corrected chi connectivity index (χ4v) is 1.26. The van der Waals surface area contributed by atoms with Crippen LogP contribution in [0.2, 0.25) is 0 Å². The minimum absolute atomic E-state index is 0.0286. The van der Waals surface area contributed by atoms with E-state index < -0.39 is 6.10 Å². The molecule has 1 unspecified atom stereocenters. The third kappa shape index (κ3) is 5.52. The molecule has 0 bridgehead atoms. The summed E-state index contributed by atoms with van der Waals surface area (Å²) in [6.45, 7) is 3.59. The molecule has 19 heavy (non-hydrogen) atoms. The van der Waals surface area contributed by atoms with Gasteiger partial charge in [0, 0.05) is 12.1 Å². The Labute approximate surface area is 111 Å². The van der Waals surface area contributed by atoms with Gasteiger partial charge >= 0.3 is 0 Å². The maximum Gasteiger partial charge on any atom is 0.246 e. The van der Waals surface area contributed by atoms with Gasteiger partial charge in [0.1, 0.15) is 24.3 Å². The van der Waals surface area contributed by atoms with Crippen molar-refractivity contribution in [2.45, 2.75) is 20.0 Å². The number of halogens is 1. The number of amides is 1. The Hall–Kier alpha value is -1.88. The minimum atomic E-state index is -0.821. The topological polar surface area (TPSA) is 58.6 Å². The molecule has 1 atom stereocenters. The molecule has 0 aromatic heterocycles. The molecule has 0 saturated heterocycles. The maximum atomic E-state index is 12.6. The number of rotatable bonds is 6. The zero-order chi connectivity index (χ0) is 14.3. The van der Waals surface area contributed by atoms with E-state index in [9.17, 15) is 14.3 Å². The number of carbonyl (C=O) groups excluding carboxylic acids is 1. The lowest BCUT2D eigenvalue weighted by Crippen LogP contribution is -2.35. The lowest BCUT2D eigenvalue weighted by molar-refractivity contribution is -0.118. The van der Waals surface area contributed by atoms with Crippen LogP contribution in [-0.4, -0.2) is 30.3 Å². The monoisotopic (exact) mass is 267 g/mol. The van der Waals surface area contributed by atoms with Crippen molar-refractivity contribution in [2.75, 3.05) is 13.2 Å². The van der Waals surface area contributed by atoms with Crippen LogP contribution >= 0.6 is 0 Å². The summed E-state index contributed by atoms with van der Waals surface area (Å²) in [7, 11) is 0. The fraction of sp³-hybridized carbons (Fsp3) is 0.357. The van der Waals surface area contributed by atoms with Gasteiger partial charge in [-0.25, -0.2) is 4.39 Å². The zero-order valence-electron chi connectivity index (χ0n) is 11.0.